The third-order valence-corrected chi connectivity index (χ3v) is 4.13. The summed E-state index contributed by atoms with van der Waals surface area (Å²) in [6.07, 6.45) is 1.73. The van der Waals surface area contributed by atoms with Gasteiger partial charge >= 0.3 is 0 Å². The molecule has 0 aliphatic rings. The van der Waals surface area contributed by atoms with Crippen molar-refractivity contribution in [2.24, 2.45) is 5.10 Å². The van der Waals surface area contributed by atoms with Crippen LogP contribution in [0.15, 0.2) is 59.0 Å². The average Bonchev–Trinajstić information content (AvgIpc) is 3.06. The Morgan fingerprint density at radius 3 is 2.57 bits per heavy atom. The predicted molar refractivity (Wildman–Crippen MR) is 96.8 cm³/mol. The lowest BCUT2D eigenvalue weighted by Gasteiger charge is -2.00. The zero-order valence-electron chi connectivity index (χ0n) is 12.4. The van der Waals surface area contributed by atoms with Gasteiger partial charge < -0.3 is 4.74 Å². The van der Waals surface area contributed by atoms with Crippen molar-refractivity contribution >= 4 is 34.3 Å². The van der Waals surface area contributed by atoms with E-state index in [1.807, 2.05) is 53.9 Å². The smallest absolute Gasteiger partial charge is 0.203 e. The van der Waals surface area contributed by atoms with E-state index in [4.69, 9.17) is 16.3 Å². The van der Waals surface area contributed by atoms with Crippen LogP contribution >= 0.6 is 22.9 Å². The second-order valence-electron chi connectivity index (χ2n) is 4.69. The third-order valence-electron chi connectivity index (χ3n) is 3.13. The van der Waals surface area contributed by atoms with Crippen LogP contribution in [0.5, 0.6) is 5.75 Å². The molecule has 4 nitrogen and oxygen atoms in total. The molecule has 1 N–H and O–H groups in total. The summed E-state index contributed by atoms with van der Waals surface area (Å²) in [4.78, 5) is 4.51. The number of ether oxygens (including phenoxy) is 1. The van der Waals surface area contributed by atoms with Crippen molar-refractivity contribution in [3.63, 3.8) is 0 Å². The maximum Gasteiger partial charge on any atom is 0.203 e. The van der Waals surface area contributed by atoms with Crippen molar-refractivity contribution < 1.29 is 4.74 Å². The van der Waals surface area contributed by atoms with Crippen molar-refractivity contribution in [1.82, 2.24) is 4.98 Å². The Hall–Kier alpha value is -2.37. The lowest BCUT2D eigenvalue weighted by Crippen LogP contribution is -1.90. The Balaban J connectivity index is 1.65. The molecular weight excluding hydrogens is 330 g/mol. The van der Waals surface area contributed by atoms with E-state index in [2.05, 4.69) is 15.5 Å². The van der Waals surface area contributed by atoms with Gasteiger partial charge in [0.2, 0.25) is 5.13 Å². The minimum Gasteiger partial charge on any atom is -0.497 e. The lowest BCUT2D eigenvalue weighted by molar-refractivity contribution is 0.415. The highest BCUT2D eigenvalue weighted by molar-refractivity contribution is 7.14. The van der Waals surface area contributed by atoms with Gasteiger partial charge in [0.25, 0.3) is 0 Å². The van der Waals surface area contributed by atoms with Crippen LogP contribution in [0.4, 0.5) is 5.13 Å². The molecule has 0 saturated heterocycles. The van der Waals surface area contributed by atoms with Crippen LogP contribution in [-0.4, -0.2) is 18.3 Å². The van der Waals surface area contributed by atoms with E-state index in [9.17, 15) is 0 Å². The third kappa shape index (κ3) is 4.09. The normalized spacial score (nSPS) is 10.9. The van der Waals surface area contributed by atoms with Gasteiger partial charge in [0.1, 0.15) is 5.75 Å². The Bertz CT molecular complexity index is 797. The fourth-order valence-electron chi connectivity index (χ4n) is 1.93. The topological polar surface area (TPSA) is 46.5 Å². The van der Waals surface area contributed by atoms with Crippen molar-refractivity contribution in [3.8, 4) is 17.0 Å². The quantitative estimate of drug-likeness (QED) is 0.528. The van der Waals surface area contributed by atoms with Crippen molar-refractivity contribution in [1.29, 1.82) is 0 Å². The molecule has 3 rings (SSSR count). The first kappa shape index (κ1) is 15.5. The monoisotopic (exact) mass is 343 g/mol. The number of rotatable bonds is 5. The van der Waals surface area contributed by atoms with Crippen molar-refractivity contribution in [2.45, 2.75) is 0 Å². The van der Waals surface area contributed by atoms with E-state index in [1.54, 1.807) is 13.3 Å². The second kappa shape index (κ2) is 7.26. The van der Waals surface area contributed by atoms with Crippen LogP contribution in [0.2, 0.25) is 5.02 Å². The number of methoxy groups -OCH3 is 1. The Morgan fingerprint density at radius 1 is 1.13 bits per heavy atom. The van der Waals surface area contributed by atoms with E-state index >= 15 is 0 Å². The molecule has 0 aliphatic carbocycles. The molecule has 0 unspecified atom stereocenters. The molecule has 0 atom stereocenters. The summed E-state index contributed by atoms with van der Waals surface area (Å²) >= 11 is 7.35. The van der Waals surface area contributed by atoms with Crippen molar-refractivity contribution in [3.05, 3.63) is 64.5 Å². The number of hydrogen-bond acceptors (Lipinski definition) is 5. The van der Waals surface area contributed by atoms with E-state index in [0.717, 1.165) is 27.7 Å². The first-order valence-corrected chi connectivity index (χ1v) is 8.15. The molecule has 116 valence electrons. The summed E-state index contributed by atoms with van der Waals surface area (Å²) in [5, 5.41) is 7.62. The van der Waals surface area contributed by atoms with Gasteiger partial charge in [0, 0.05) is 16.0 Å². The standard InChI is InChI=1S/C17H14ClN3OS/c1-22-15-8-4-13(5-9-15)16-11-23-17(20-16)21-19-10-12-2-6-14(18)7-3-12/h2-11H,1H3,(H,20,21). The fraction of sp³-hybridized carbons (Fsp3) is 0.0588. The number of halogens is 1. The molecule has 0 aliphatic heterocycles. The van der Waals surface area contributed by atoms with Crippen LogP contribution in [-0.2, 0) is 0 Å². The van der Waals surface area contributed by atoms with Gasteiger partial charge in [-0.15, -0.1) is 11.3 Å². The van der Waals surface area contributed by atoms with Gasteiger partial charge in [-0.25, -0.2) is 4.98 Å². The van der Waals surface area contributed by atoms with Gasteiger partial charge in [-0.05, 0) is 42.0 Å². The first-order valence-electron chi connectivity index (χ1n) is 6.89. The van der Waals surface area contributed by atoms with Gasteiger partial charge in [0.15, 0.2) is 0 Å². The predicted octanol–water partition coefficient (Wildman–Crippen LogP) is 4.92. The number of anilines is 1. The molecule has 2 aromatic carbocycles. The van der Waals surface area contributed by atoms with Crippen LogP contribution < -0.4 is 10.2 Å². The number of thiazole rings is 1. The zero-order chi connectivity index (χ0) is 16.1. The van der Waals surface area contributed by atoms with Gasteiger partial charge in [-0.2, -0.15) is 5.10 Å². The number of nitrogens with one attached hydrogen (secondary N) is 1. The number of nitrogens with zero attached hydrogens (tertiary/aromatic N) is 2. The van der Waals surface area contributed by atoms with Gasteiger partial charge in [0.05, 0.1) is 19.0 Å². The average molecular weight is 344 g/mol. The van der Waals surface area contributed by atoms with Crippen LogP contribution in [0.25, 0.3) is 11.3 Å². The number of hydrogen-bond donors (Lipinski definition) is 1. The highest BCUT2D eigenvalue weighted by atomic mass is 35.5. The molecule has 0 amide bonds. The summed E-state index contributed by atoms with van der Waals surface area (Å²) in [6, 6.07) is 15.3. The fourth-order valence-corrected chi connectivity index (χ4v) is 2.72. The molecule has 1 aromatic heterocycles. The van der Waals surface area contributed by atoms with E-state index in [0.29, 0.717) is 5.02 Å². The Morgan fingerprint density at radius 2 is 1.87 bits per heavy atom. The van der Waals surface area contributed by atoms with Crippen LogP contribution in [0.1, 0.15) is 5.56 Å². The maximum atomic E-state index is 5.85. The Labute approximate surface area is 143 Å². The molecule has 23 heavy (non-hydrogen) atoms. The second-order valence-corrected chi connectivity index (χ2v) is 5.98. The molecular formula is C17H14ClN3OS. The summed E-state index contributed by atoms with van der Waals surface area (Å²) in [5.41, 5.74) is 5.85. The molecule has 0 radical (unpaired) electrons. The van der Waals surface area contributed by atoms with Crippen LogP contribution in [0, 0.1) is 0 Å². The molecule has 3 aromatic rings. The minimum absolute atomic E-state index is 0.708. The maximum absolute atomic E-state index is 5.85. The molecule has 1 heterocycles. The molecule has 0 bridgehead atoms. The number of benzene rings is 2. The largest absolute Gasteiger partial charge is 0.497 e. The SMILES string of the molecule is COc1ccc(-c2csc(NN=Cc3ccc(Cl)cc3)n2)cc1. The molecule has 0 saturated carbocycles. The van der Waals surface area contributed by atoms with E-state index in [1.165, 1.54) is 11.3 Å². The molecule has 0 fully saturated rings. The van der Waals surface area contributed by atoms with Crippen molar-refractivity contribution in [2.75, 3.05) is 12.5 Å². The van der Waals surface area contributed by atoms with Gasteiger partial charge in [-0.3, -0.25) is 5.43 Å². The minimum atomic E-state index is 0.708. The van der Waals surface area contributed by atoms with E-state index < -0.39 is 0 Å². The summed E-state index contributed by atoms with van der Waals surface area (Å²) < 4.78 is 5.16. The van der Waals surface area contributed by atoms with Gasteiger partial charge in [-0.1, -0.05) is 23.7 Å². The van der Waals surface area contributed by atoms with Crippen LogP contribution in [0.3, 0.4) is 0 Å². The lowest BCUT2D eigenvalue weighted by atomic mass is 10.2. The van der Waals surface area contributed by atoms with E-state index in [-0.39, 0.29) is 0 Å². The first-order chi connectivity index (χ1) is 11.2. The highest BCUT2D eigenvalue weighted by Gasteiger charge is 2.04. The number of hydrazone groups is 1. The zero-order valence-corrected chi connectivity index (χ0v) is 13.9. The highest BCUT2D eigenvalue weighted by Crippen LogP contribution is 2.26. The molecule has 6 heteroatoms. The molecule has 0 spiro atoms. The summed E-state index contributed by atoms with van der Waals surface area (Å²) in [7, 11) is 1.65. The summed E-state index contributed by atoms with van der Waals surface area (Å²) in [5.74, 6) is 0.829. The number of aromatic nitrogens is 1. The summed E-state index contributed by atoms with van der Waals surface area (Å²) in [6.45, 7) is 0. The Kier molecular flexibility index (Phi) is 4.90.